The number of benzene rings is 1. The highest BCUT2D eigenvalue weighted by Gasteiger charge is 2.23. The average Bonchev–Trinajstić information content (AvgIpc) is 2.64. The summed E-state index contributed by atoms with van der Waals surface area (Å²) in [7, 11) is 0. The molecular formula is C13H18FN. The van der Waals surface area contributed by atoms with Gasteiger partial charge in [-0.15, -0.1) is 0 Å². The summed E-state index contributed by atoms with van der Waals surface area (Å²) < 4.78 is 13.4. The summed E-state index contributed by atoms with van der Waals surface area (Å²) in [5, 5.41) is 3.50. The maximum atomic E-state index is 13.4. The zero-order valence-corrected chi connectivity index (χ0v) is 9.22. The summed E-state index contributed by atoms with van der Waals surface area (Å²) in [6, 6.07) is 5.80. The van der Waals surface area contributed by atoms with Crippen molar-refractivity contribution in [2.75, 3.05) is 6.54 Å². The second-order valence-electron chi connectivity index (χ2n) is 4.21. The number of nitrogens with one attached hydrogen (secondary N) is 1. The molecule has 1 aliphatic carbocycles. The first-order valence-electron chi connectivity index (χ1n) is 5.83. The van der Waals surface area contributed by atoms with Crippen LogP contribution in [0, 0.1) is 5.82 Å². The van der Waals surface area contributed by atoms with E-state index in [1.54, 1.807) is 6.07 Å². The Labute approximate surface area is 90.7 Å². The van der Waals surface area contributed by atoms with E-state index in [-0.39, 0.29) is 5.82 Å². The molecule has 1 N–H and O–H groups in total. The molecule has 2 heteroatoms. The van der Waals surface area contributed by atoms with E-state index < -0.39 is 0 Å². The van der Waals surface area contributed by atoms with E-state index in [0.29, 0.717) is 6.04 Å². The van der Waals surface area contributed by atoms with Crippen LogP contribution in [0.5, 0.6) is 0 Å². The lowest BCUT2D eigenvalue weighted by molar-refractivity contribution is 0.518. The monoisotopic (exact) mass is 207 g/mol. The highest BCUT2D eigenvalue weighted by molar-refractivity contribution is 5.35. The van der Waals surface area contributed by atoms with E-state index >= 15 is 0 Å². The molecule has 2 rings (SSSR count). The van der Waals surface area contributed by atoms with Crippen LogP contribution < -0.4 is 5.32 Å². The largest absolute Gasteiger partial charge is 0.310 e. The third kappa shape index (κ3) is 2.20. The Morgan fingerprint density at radius 2 is 2.33 bits per heavy atom. The molecule has 0 radical (unpaired) electrons. The van der Waals surface area contributed by atoms with Crippen LogP contribution in [0.15, 0.2) is 18.2 Å². The summed E-state index contributed by atoms with van der Waals surface area (Å²) >= 11 is 0. The van der Waals surface area contributed by atoms with E-state index in [1.165, 1.54) is 18.4 Å². The van der Waals surface area contributed by atoms with Gasteiger partial charge < -0.3 is 5.32 Å². The molecule has 0 fully saturated rings. The Bertz CT molecular complexity index is 335. The average molecular weight is 207 g/mol. The molecule has 1 aromatic carbocycles. The number of halogens is 1. The number of rotatable bonds is 4. The van der Waals surface area contributed by atoms with Crippen molar-refractivity contribution in [2.45, 2.75) is 38.6 Å². The van der Waals surface area contributed by atoms with E-state index in [2.05, 4.69) is 18.3 Å². The fourth-order valence-corrected chi connectivity index (χ4v) is 2.27. The standard InChI is InChI=1S/C13H18FN/c1-2-3-9-15-13-8-7-10-11(13)5-4-6-12(10)14/h4-6,13,15H,2-3,7-9H2,1H3. The highest BCUT2D eigenvalue weighted by atomic mass is 19.1. The van der Waals surface area contributed by atoms with Crippen LogP contribution in [0.25, 0.3) is 0 Å². The normalized spacial score (nSPS) is 19.2. The Morgan fingerprint density at radius 3 is 3.13 bits per heavy atom. The Kier molecular flexibility index (Phi) is 3.37. The third-order valence-electron chi connectivity index (χ3n) is 3.13. The molecule has 82 valence electrons. The molecule has 0 aromatic heterocycles. The number of unbranched alkanes of at least 4 members (excludes halogenated alkanes) is 1. The second kappa shape index (κ2) is 4.75. The molecule has 0 spiro atoms. The van der Waals surface area contributed by atoms with E-state index in [1.807, 2.05) is 6.07 Å². The predicted octanol–water partition coefficient (Wildman–Crippen LogP) is 3.20. The maximum Gasteiger partial charge on any atom is 0.126 e. The van der Waals surface area contributed by atoms with Crippen molar-refractivity contribution >= 4 is 0 Å². The fourth-order valence-electron chi connectivity index (χ4n) is 2.27. The van der Waals surface area contributed by atoms with Crippen LogP contribution in [0.4, 0.5) is 4.39 Å². The first-order valence-corrected chi connectivity index (χ1v) is 5.83. The topological polar surface area (TPSA) is 12.0 Å². The molecular weight excluding hydrogens is 189 g/mol. The van der Waals surface area contributed by atoms with Gasteiger partial charge in [-0.2, -0.15) is 0 Å². The van der Waals surface area contributed by atoms with Gasteiger partial charge in [-0.05, 0) is 43.0 Å². The minimum absolute atomic E-state index is 0.0349. The lowest BCUT2D eigenvalue weighted by atomic mass is 10.1. The molecule has 0 amide bonds. The number of fused-ring (bicyclic) bond motifs is 1. The molecule has 0 saturated carbocycles. The van der Waals surface area contributed by atoms with Crippen LogP contribution in [-0.2, 0) is 6.42 Å². The minimum atomic E-state index is -0.0349. The van der Waals surface area contributed by atoms with Gasteiger partial charge in [0.1, 0.15) is 5.82 Å². The van der Waals surface area contributed by atoms with E-state index in [9.17, 15) is 4.39 Å². The van der Waals surface area contributed by atoms with Gasteiger partial charge in [0.05, 0.1) is 0 Å². The van der Waals surface area contributed by atoms with Gasteiger partial charge in [-0.1, -0.05) is 25.5 Å². The molecule has 1 atom stereocenters. The predicted molar refractivity (Wildman–Crippen MR) is 60.4 cm³/mol. The molecule has 0 heterocycles. The van der Waals surface area contributed by atoms with Crippen LogP contribution in [0.2, 0.25) is 0 Å². The van der Waals surface area contributed by atoms with Crippen molar-refractivity contribution in [3.63, 3.8) is 0 Å². The zero-order valence-electron chi connectivity index (χ0n) is 9.22. The van der Waals surface area contributed by atoms with Crippen molar-refractivity contribution in [3.8, 4) is 0 Å². The van der Waals surface area contributed by atoms with Crippen LogP contribution >= 0.6 is 0 Å². The van der Waals surface area contributed by atoms with Gasteiger partial charge in [-0.3, -0.25) is 0 Å². The third-order valence-corrected chi connectivity index (χ3v) is 3.13. The summed E-state index contributed by atoms with van der Waals surface area (Å²) in [6.45, 7) is 3.22. The van der Waals surface area contributed by atoms with Crippen molar-refractivity contribution in [3.05, 3.63) is 35.1 Å². The van der Waals surface area contributed by atoms with Gasteiger partial charge in [0.15, 0.2) is 0 Å². The first-order chi connectivity index (χ1) is 7.33. The van der Waals surface area contributed by atoms with Crippen molar-refractivity contribution in [2.24, 2.45) is 0 Å². The first kappa shape index (κ1) is 10.6. The van der Waals surface area contributed by atoms with Gasteiger partial charge >= 0.3 is 0 Å². The number of hydrogen-bond acceptors (Lipinski definition) is 1. The quantitative estimate of drug-likeness (QED) is 0.748. The summed E-state index contributed by atoms with van der Waals surface area (Å²) in [4.78, 5) is 0. The SMILES string of the molecule is CCCCNC1CCc2c(F)cccc21. The van der Waals surface area contributed by atoms with Gasteiger partial charge in [-0.25, -0.2) is 4.39 Å². The van der Waals surface area contributed by atoms with Gasteiger partial charge in [0.25, 0.3) is 0 Å². The Morgan fingerprint density at radius 1 is 1.47 bits per heavy atom. The maximum absolute atomic E-state index is 13.4. The smallest absolute Gasteiger partial charge is 0.126 e. The Balaban J connectivity index is 2.05. The fraction of sp³-hybridized carbons (Fsp3) is 0.538. The molecule has 1 nitrogen and oxygen atoms in total. The number of hydrogen-bond donors (Lipinski definition) is 1. The van der Waals surface area contributed by atoms with Gasteiger partial charge in [0.2, 0.25) is 0 Å². The Hall–Kier alpha value is -0.890. The van der Waals surface area contributed by atoms with Crippen molar-refractivity contribution in [1.82, 2.24) is 5.32 Å². The summed E-state index contributed by atoms with van der Waals surface area (Å²) in [6.07, 6.45) is 4.32. The van der Waals surface area contributed by atoms with E-state index in [0.717, 1.165) is 24.9 Å². The lowest BCUT2D eigenvalue weighted by Crippen LogP contribution is -2.20. The lowest BCUT2D eigenvalue weighted by Gasteiger charge is -2.13. The van der Waals surface area contributed by atoms with Crippen LogP contribution in [0.3, 0.4) is 0 Å². The molecule has 15 heavy (non-hydrogen) atoms. The van der Waals surface area contributed by atoms with Gasteiger partial charge in [0, 0.05) is 6.04 Å². The summed E-state index contributed by atoms with van der Waals surface area (Å²) in [5.74, 6) is -0.0349. The van der Waals surface area contributed by atoms with Crippen LogP contribution in [0.1, 0.15) is 43.4 Å². The van der Waals surface area contributed by atoms with Crippen LogP contribution in [-0.4, -0.2) is 6.54 Å². The second-order valence-corrected chi connectivity index (χ2v) is 4.21. The zero-order chi connectivity index (χ0) is 10.7. The molecule has 0 saturated heterocycles. The highest BCUT2D eigenvalue weighted by Crippen LogP contribution is 2.32. The molecule has 0 aliphatic heterocycles. The van der Waals surface area contributed by atoms with E-state index in [4.69, 9.17) is 0 Å². The van der Waals surface area contributed by atoms with Crippen molar-refractivity contribution < 1.29 is 4.39 Å². The molecule has 0 bridgehead atoms. The van der Waals surface area contributed by atoms with Crippen molar-refractivity contribution in [1.29, 1.82) is 0 Å². The minimum Gasteiger partial charge on any atom is -0.310 e. The molecule has 1 aliphatic rings. The molecule has 1 unspecified atom stereocenters. The summed E-state index contributed by atoms with van der Waals surface area (Å²) in [5.41, 5.74) is 2.10. The molecule has 1 aromatic rings.